The first kappa shape index (κ1) is 86.4. The molecular weight excluding hydrogens is 1740 g/mol. The van der Waals surface area contributed by atoms with Crippen LogP contribution >= 0.6 is 0 Å². The SMILES string of the molecule is c1ccc(-c2ccc(N(c3ccc(-c4ccccc4)cc3)c3cc4c(c5ccccc35)c3ccccc3n4-c3ccccc3)cc2)cc1.c1ccc(-c2ccc(N(c3ccc(-c4ccccc4)cc3)c3ccc4c(ccc5c4c4ccccc4n5-c4ccccc4)c3)cc2)cc1.c1ccc(-c2ccc(N(c3ccc(-c4ccccc4)cc3)c3cccc4c3ccc3c4c4ccccc4n3-c3ccccc3)cc2)cc1. The number of hydrogen-bond acceptors (Lipinski definition) is 3. The molecular formula is C138H96N6. The van der Waals surface area contributed by atoms with E-state index >= 15 is 0 Å². The van der Waals surface area contributed by atoms with E-state index in [1.54, 1.807) is 0 Å². The van der Waals surface area contributed by atoms with Crippen LogP contribution in [0.5, 0.6) is 0 Å². The van der Waals surface area contributed by atoms with Gasteiger partial charge in [0, 0.05) is 100.0 Å². The molecule has 0 atom stereocenters. The van der Waals surface area contributed by atoms with Crippen molar-refractivity contribution >= 4 is 149 Å². The summed E-state index contributed by atoms with van der Waals surface area (Å²) in [4.78, 5) is 7.17. The van der Waals surface area contributed by atoms with Crippen molar-refractivity contribution < 1.29 is 0 Å². The highest BCUT2D eigenvalue weighted by molar-refractivity contribution is 6.27. The highest BCUT2D eigenvalue weighted by Gasteiger charge is 2.26. The Morgan fingerprint density at radius 2 is 0.347 bits per heavy atom. The van der Waals surface area contributed by atoms with Crippen molar-refractivity contribution in [2.24, 2.45) is 0 Å². The Balaban J connectivity index is 0.000000113. The van der Waals surface area contributed by atoms with Gasteiger partial charge in [0.05, 0.1) is 44.5 Å². The van der Waals surface area contributed by atoms with Crippen molar-refractivity contribution in [3.8, 4) is 83.8 Å². The first-order chi connectivity index (χ1) is 71.5. The fourth-order valence-electron chi connectivity index (χ4n) is 21.4. The van der Waals surface area contributed by atoms with Crippen molar-refractivity contribution in [3.63, 3.8) is 0 Å². The Labute approximate surface area is 837 Å². The van der Waals surface area contributed by atoms with E-state index in [2.05, 4.69) is 611 Å². The maximum Gasteiger partial charge on any atom is 0.0568 e. The summed E-state index contributed by atoms with van der Waals surface area (Å²) in [5.41, 5.74) is 35.3. The summed E-state index contributed by atoms with van der Waals surface area (Å²) >= 11 is 0. The number of rotatable bonds is 18. The Hall–Kier alpha value is -19.1. The fourth-order valence-corrected chi connectivity index (χ4v) is 21.4. The molecule has 27 rings (SSSR count). The Bertz CT molecular complexity index is 8990. The third-order valence-corrected chi connectivity index (χ3v) is 28.1. The average molecular weight is 1840 g/mol. The van der Waals surface area contributed by atoms with Gasteiger partial charge in [0.15, 0.2) is 0 Å². The molecule has 0 amide bonds. The molecule has 6 heteroatoms. The molecule has 3 aromatic heterocycles. The van der Waals surface area contributed by atoms with Crippen molar-refractivity contribution in [1.29, 1.82) is 0 Å². The lowest BCUT2D eigenvalue weighted by molar-refractivity contribution is 1.18. The van der Waals surface area contributed by atoms with Crippen LogP contribution in [0.25, 0.3) is 182 Å². The monoisotopic (exact) mass is 1840 g/mol. The molecule has 0 radical (unpaired) electrons. The summed E-state index contributed by atoms with van der Waals surface area (Å²) < 4.78 is 7.18. The standard InChI is InChI=1S/3C46H32N2/c1-4-14-33(15-5-1)35-24-28-38(29-25-35)47(39-30-26-36(27-31-39)34-16-6-2-7-17-34)44-32-45-46(41-21-11-10-20-40(41)44)42-22-12-13-23-43(42)48(45)37-18-8-3-9-19-37;1-4-13-33(14-5-1)35-23-27-38(28-24-35)47(39-29-25-36(26-30-39)34-15-6-2-7-16-34)43-22-12-20-41-40(43)31-32-45-46(41)42-19-10-11-21-44(42)48(45)37-17-8-3-9-18-37;1-4-12-33(13-5-1)35-20-25-39(26-21-35)47(40-27-22-36(23-28-40)34-14-6-2-7-15-34)41-29-30-42-37(32-41)24-31-45-46(42)43-18-10-11-19-44(43)48(45)38-16-8-3-9-17-38/h3*1-32H. The van der Waals surface area contributed by atoms with Gasteiger partial charge in [0.1, 0.15) is 0 Å². The van der Waals surface area contributed by atoms with Gasteiger partial charge in [-0.2, -0.15) is 0 Å². The van der Waals surface area contributed by atoms with Crippen molar-refractivity contribution in [2.75, 3.05) is 14.7 Å². The fraction of sp³-hybridized carbons (Fsp3) is 0. The molecule has 0 spiro atoms. The number of para-hydroxylation sites is 6. The third-order valence-electron chi connectivity index (χ3n) is 28.1. The van der Waals surface area contributed by atoms with E-state index in [4.69, 9.17) is 0 Å². The molecule has 0 N–H and O–H groups in total. The molecule has 6 nitrogen and oxygen atoms in total. The second-order valence-electron chi connectivity index (χ2n) is 36.6. The van der Waals surface area contributed by atoms with E-state index in [9.17, 15) is 0 Å². The van der Waals surface area contributed by atoms with Crippen LogP contribution in [-0.4, -0.2) is 13.7 Å². The van der Waals surface area contributed by atoms with Crippen LogP contribution in [0.1, 0.15) is 0 Å². The van der Waals surface area contributed by atoms with E-state index in [1.165, 1.54) is 170 Å². The second-order valence-corrected chi connectivity index (χ2v) is 36.6. The molecule has 0 saturated heterocycles. The van der Waals surface area contributed by atoms with Crippen molar-refractivity contribution in [3.05, 3.63) is 582 Å². The lowest BCUT2D eigenvalue weighted by Crippen LogP contribution is -2.11. The zero-order valence-corrected chi connectivity index (χ0v) is 79.1. The van der Waals surface area contributed by atoms with Gasteiger partial charge in [-0.1, -0.05) is 419 Å². The van der Waals surface area contributed by atoms with Crippen molar-refractivity contribution in [2.45, 2.75) is 0 Å². The van der Waals surface area contributed by atoms with Crippen LogP contribution in [0.15, 0.2) is 582 Å². The molecule has 0 saturated carbocycles. The summed E-state index contributed by atoms with van der Waals surface area (Å²) in [7, 11) is 0. The molecule has 678 valence electrons. The lowest BCUT2D eigenvalue weighted by Gasteiger charge is -2.28. The van der Waals surface area contributed by atoms with Gasteiger partial charge in [0.2, 0.25) is 0 Å². The molecule has 0 aliphatic heterocycles. The van der Waals surface area contributed by atoms with Gasteiger partial charge in [-0.3, -0.25) is 0 Å². The molecule has 0 aliphatic carbocycles. The van der Waals surface area contributed by atoms with Crippen LogP contribution in [0, 0.1) is 0 Å². The zero-order valence-electron chi connectivity index (χ0n) is 79.1. The molecule has 0 aliphatic rings. The Kier molecular flexibility index (Phi) is 23.0. The predicted octanol–water partition coefficient (Wildman–Crippen LogP) is 38.2. The average Bonchev–Trinajstić information content (AvgIpc) is 1.56. The minimum absolute atomic E-state index is 1.11. The molecule has 0 fully saturated rings. The van der Waals surface area contributed by atoms with E-state index in [0.717, 1.165) is 62.6 Å². The number of nitrogens with zero attached hydrogens (tertiary/aromatic N) is 6. The van der Waals surface area contributed by atoms with Gasteiger partial charge in [-0.05, 0) is 252 Å². The first-order valence-corrected chi connectivity index (χ1v) is 49.3. The minimum Gasteiger partial charge on any atom is -0.310 e. The van der Waals surface area contributed by atoms with Gasteiger partial charge < -0.3 is 28.4 Å². The van der Waals surface area contributed by atoms with Crippen LogP contribution in [0.3, 0.4) is 0 Å². The summed E-state index contributed by atoms with van der Waals surface area (Å²) in [5, 5.41) is 15.0. The predicted molar refractivity (Wildman–Crippen MR) is 612 cm³/mol. The molecule has 144 heavy (non-hydrogen) atoms. The number of benzene rings is 24. The maximum atomic E-state index is 2.42. The Morgan fingerprint density at radius 3 is 0.688 bits per heavy atom. The highest BCUT2D eigenvalue weighted by Crippen LogP contribution is 2.50. The smallest absolute Gasteiger partial charge is 0.0568 e. The second kappa shape index (κ2) is 38.3. The summed E-state index contributed by atoms with van der Waals surface area (Å²) in [6.07, 6.45) is 0. The van der Waals surface area contributed by atoms with Gasteiger partial charge >= 0.3 is 0 Å². The van der Waals surface area contributed by atoms with Gasteiger partial charge in [-0.15, -0.1) is 0 Å². The van der Waals surface area contributed by atoms with E-state index in [1.807, 2.05) is 0 Å². The first-order valence-electron chi connectivity index (χ1n) is 49.3. The number of fused-ring (bicyclic) bond motifs is 15. The summed E-state index contributed by atoms with van der Waals surface area (Å²) in [6.45, 7) is 0. The topological polar surface area (TPSA) is 24.5 Å². The maximum absolute atomic E-state index is 2.42. The number of hydrogen-bond donors (Lipinski definition) is 0. The highest BCUT2D eigenvalue weighted by atomic mass is 15.2. The summed E-state index contributed by atoms with van der Waals surface area (Å²) in [6, 6.07) is 209. The largest absolute Gasteiger partial charge is 0.310 e. The van der Waals surface area contributed by atoms with Crippen LogP contribution in [0.2, 0.25) is 0 Å². The number of aromatic nitrogens is 3. The normalized spacial score (nSPS) is 11.3. The van der Waals surface area contributed by atoms with E-state index in [-0.39, 0.29) is 0 Å². The lowest BCUT2D eigenvalue weighted by atomic mass is 9.99. The quantitative estimate of drug-likeness (QED) is 0.0856. The zero-order chi connectivity index (χ0) is 95.6. The number of anilines is 9. The van der Waals surface area contributed by atoms with Crippen LogP contribution in [-0.2, 0) is 0 Å². The summed E-state index contributed by atoms with van der Waals surface area (Å²) in [5.74, 6) is 0. The van der Waals surface area contributed by atoms with Crippen molar-refractivity contribution in [1.82, 2.24) is 13.7 Å². The Morgan fingerprint density at radius 1 is 0.118 bits per heavy atom. The molecule has 24 aromatic carbocycles. The van der Waals surface area contributed by atoms with Gasteiger partial charge in [0.25, 0.3) is 0 Å². The van der Waals surface area contributed by atoms with Crippen LogP contribution < -0.4 is 14.7 Å². The van der Waals surface area contributed by atoms with Gasteiger partial charge in [-0.25, -0.2) is 0 Å². The molecule has 27 aromatic rings. The molecule has 3 heterocycles. The minimum atomic E-state index is 1.11. The van der Waals surface area contributed by atoms with E-state index in [0.29, 0.717) is 0 Å². The molecule has 0 bridgehead atoms. The van der Waals surface area contributed by atoms with Crippen LogP contribution in [0.4, 0.5) is 51.2 Å². The third kappa shape index (κ3) is 16.4. The van der Waals surface area contributed by atoms with E-state index < -0.39 is 0 Å². The molecule has 0 unspecified atom stereocenters.